The number of nitrogens with zero attached hydrogens (tertiary/aromatic N) is 4. The molecule has 160 valence electrons. The second-order valence-electron chi connectivity index (χ2n) is 8.20. The van der Waals surface area contributed by atoms with E-state index in [9.17, 15) is 14.7 Å². The van der Waals surface area contributed by atoms with Gasteiger partial charge in [0, 0.05) is 49.4 Å². The summed E-state index contributed by atoms with van der Waals surface area (Å²) in [5, 5.41) is 14.9. The highest BCUT2D eigenvalue weighted by Crippen LogP contribution is 2.36. The SMILES string of the molecule is CN1CCC(O)(c2cc(-c3cccc(-c4nc(C(N)=O)n5c4CCCC5)c3)no2)C1=O. The van der Waals surface area contributed by atoms with E-state index in [0.717, 1.165) is 48.3 Å². The molecular formula is C22H23N5O4. The molecule has 0 spiro atoms. The van der Waals surface area contributed by atoms with Gasteiger partial charge in [-0.3, -0.25) is 9.59 Å². The minimum atomic E-state index is -1.68. The Morgan fingerprint density at radius 1 is 1.23 bits per heavy atom. The molecule has 0 aliphatic carbocycles. The number of imidazole rings is 1. The Morgan fingerprint density at radius 3 is 2.77 bits per heavy atom. The first-order valence-corrected chi connectivity index (χ1v) is 10.3. The number of amides is 2. The molecule has 1 atom stereocenters. The fourth-order valence-corrected chi connectivity index (χ4v) is 4.48. The number of hydrogen-bond acceptors (Lipinski definition) is 6. The summed E-state index contributed by atoms with van der Waals surface area (Å²) in [7, 11) is 1.65. The van der Waals surface area contributed by atoms with E-state index in [0.29, 0.717) is 12.2 Å². The summed E-state index contributed by atoms with van der Waals surface area (Å²) in [5.74, 6) is -0.513. The average Bonchev–Trinajstić information content (AvgIpc) is 3.48. The zero-order valence-corrected chi connectivity index (χ0v) is 17.2. The maximum Gasteiger partial charge on any atom is 0.284 e. The summed E-state index contributed by atoms with van der Waals surface area (Å²) in [5.41, 5.74) is 7.72. The summed E-state index contributed by atoms with van der Waals surface area (Å²) >= 11 is 0. The Morgan fingerprint density at radius 2 is 2.03 bits per heavy atom. The minimum Gasteiger partial charge on any atom is -0.373 e. The van der Waals surface area contributed by atoms with Gasteiger partial charge in [0.25, 0.3) is 11.8 Å². The van der Waals surface area contributed by atoms with Crippen molar-refractivity contribution in [3.8, 4) is 22.5 Å². The maximum atomic E-state index is 12.3. The van der Waals surface area contributed by atoms with Gasteiger partial charge in [-0.1, -0.05) is 23.4 Å². The third-order valence-electron chi connectivity index (χ3n) is 6.20. The van der Waals surface area contributed by atoms with Crippen LogP contribution in [0.1, 0.15) is 41.3 Å². The summed E-state index contributed by atoms with van der Waals surface area (Å²) in [6.07, 6.45) is 3.11. The molecule has 0 radical (unpaired) electrons. The van der Waals surface area contributed by atoms with Crippen LogP contribution in [0.2, 0.25) is 0 Å². The molecule has 2 aromatic heterocycles. The van der Waals surface area contributed by atoms with Gasteiger partial charge in [-0.15, -0.1) is 0 Å². The number of carbonyl (C=O) groups is 2. The lowest BCUT2D eigenvalue weighted by molar-refractivity contribution is -0.144. The normalized spacial score (nSPS) is 20.8. The predicted molar refractivity (Wildman–Crippen MR) is 111 cm³/mol. The number of hydrogen-bond donors (Lipinski definition) is 2. The molecular weight excluding hydrogens is 398 g/mol. The van der Waals surface area contributed by atoms with Gasteiger partial charge < -0.3 is 24.8 Å². The molecule has 3 N–H and O–H groups in total. The number of aromatic nitrogens is 3. The number of likely N-dealkylation sites (tertiary alicyclic amines) is 1. The minimum absolute atomic E-state index is 0.137. The smallest absolute Gasteiger partial charge is 0.284 e. The number of carbonyl (C=O) groups excluding carboxylic acids is 2. The van der Waals surface area contributed by atoms with E-state index in [1.165, 1.54) is 4.90 Å². The van der Waals surface area contributed by atoms with E-state index in [1.807, 2.05) is 28.8 Å². The number of nitrogens with two attached hydrogens (primary N) is 1. The maximum absolute atomic E-state index is 12.3. The lowest BCUT2D eigenvalue weighted by Gasteiger charge is -2.16. The van der Waals surface area contributed by atoms with Crippen molar-refractivity contribution in [1.82, 2.24) is 19.6 Å². The molecule has 31 heavy (non-hydrogen) atoms. The van der Waals surface area contributed by atoms with Crippen LogP contribution < -0.4 is 5.73 Å². The first kappa shape index (κ1) is 19.5. The van der Waals surface area contributed by atoms with Crippen LogP contribution in [0.5, 0.6) is 0 Å². The summed E-state index contributed by atoms with van der Waals surface area (Å²) in [4.78, 5) is 30.2. The zero-order chi connectivity index (χ0) is 21.8. The van der Waals surface area contributed by atoms with E-state index in [-0.39, 0.29) is 18.0 Å². The highest BCUT2D eigenvalue weighted by molar-refractivity contribution is 5.91. The molecule has 0 saturated carbocycles. The average molecular weight is 421 g/mol. The van der Waals surface area contributed by atoms with Gasteiger partial charge in [0.2, 0.25) is 5.60 Å². The van der Waals surface area contributed by atoms with Gasteiger partial charge >= 0.3 is 0 Å². The van der Waals surface area contributed by atoms with Crippen molar-refractivity contribution in [1.29, 1.82) is 0 Å². The number of aliphatic hydroxyl groups is 1. The lowest BCUT2D eigenvalue weighted by atomic mass is 9.97. The van der Waals surface area contributed by atoms with Crippen LogP contribution >= 0.6 is 0 Å². The van der Waals surface area contributed by atoms with Crippen LogP contribution in [0, 0.1) is 0 Å². The van der Waals surface area contributed by atoms with E-state index in [4.69, 9.17) is 10.3 Å². The number of rotatable bonds is 4. The van der Waals surface area contributed by atoms with Crippen molar-refractivity contribution >= 4 is 11.8 Å². The Bertz CT molecular complexity index is 1200. The van der Waals surface area contributed by atoms with E-state index in [2.05, 4.69) is 10.1 Å². The zero-order valence-electron chi connectivity index (χ0n) is 17.2. The topological polar surface area (TPSA) is 127 Å². The first-order chi connectivity index (χ1) is 14.9. The van der Waals surface area contributed by atoms with Gasteiger partial charge in [-0.05, 0) is 25.3 Å². The lowest BCUT2D eigenvalue weighted by Crippen LogP contribution is -2.35. The van der Waals surface area contributed by atoms with Crippen molar-refractivity contribution in [2.45, 2.75) is 37.8 Å². The molecule has 4 heterocycles. The van der Waals surface area contributed by atoms with E-state index < -0.39 is 17.4 Å². The molecule has 9 nitrogen and oxygen atoms in total. The van der Waals surface area contributed by atoms with Crippen LogP contribution in [0.25, 0.3) is 22.5 Å². The third kappa shape index (κ3) is 3.04. The van der Waals surface area contributed by atoms with Gasteiger partial charge in [-0.2, -0.15) is 0 Å². The number of fused-ring (bicyclic) bond motifs is 1. The summed E-state index contributed by atoms with van der Waals surface area (Å²) in [6.45, 7) is 1.18. The Labute approximate surface area is 178 Å². The van der Waals surface area contributed by atoms with Crippen LogP contribution in [0.3, 0.4) is 0 Å². The van der Waals surface area contributed by atoms with Gasteiger partial charge in [-0.25, -0.2) is 4.98 Å². The van der Waals surface area contributed by atoms with Gasteiger partial charge in [0.05, 0.1) is 5.69 Å². The fraction of sp³-hybridized carbons (Fsp3) is 0.364. The van der Waals surface area contributed by atoms with Crippen molar-refractivity contribution in [3.05, 3.63) is 47.6 Å². The molecule has 0 bridgehead atoms. The third-order valence-corrected chi connectivity index (χ3v) is 6.20. The quantitative estimate of drug-likeness (QED) is 0.660. The Hall–Kier alpha value is -3.46. The van der Waals surface area contributed by atoms with Crippen molar-refractivity contribution < 1.29 is 19.2 Å². The van der Waals surface area contributed by atoms with Gasteiger partial charge in [0.1, 0.15) is 5.69 Å². The molecule has 2 amide bonds. The number of benzene rings is 1. The first-order valence-electron chi connectivity index (χ1n) is 10.3. The predicted octanol–water partition coefficient (Wildman–Crippen LogP) is 1.69. The summed E-state index contributed by atoms with van der Waals surface area (Å²) < 4.78 is 7.28. The molecule has 2 aliphatic rings. The highest BCUT2D eigenvalue weighted by atomic mass is 16.5. The Balaban J connectivity index is 1.52. The fourth-order valence-electron chi connectivity index (χ4n) is 4.48. The highest BCUT2D eigenvalue weighted by Gasteiger charge is 2.48. The second-order valence-corrected chi connectivity index (χ2v) is 8.20. The van der Waals surface area contributed by atoms with Gasteiger partial charge in [0.15, 0.2) is 11.6 Å². The van der Waals surface area contributed by atoms with Crippen LogP contribution in [-0.2, 0) is 23.4 Å². The molecule has 9 heteroatoms. The molecule has 3 aromatic rings. The van der Waals surface area contributed by atoms with Crippen LogP contribution in [0.15, 0.2) is 34.9 Å². The standard InChI is InChI=1S/C22H23N5O4/c1-26-10-8-22(30,21(26)29)17-12-15(25-31-17)13-5-4-6-14(11-13)18-16-7-2-3-9-27(16)20(24-18)19(23)28/h4-6,11-12,30H,2-3,7-10H2,1H3,(H2,23,28). The number of primary amides is 1. The van der Waals surface area contributed by atoms with Crippen LogP contribution in [-0.4, -0.2) is 50.1 Å². The number of likely N-dealkylation sites (N-methyl/N-ethyl adjacent to an activating group) is 1. The van der Waals surface area contributed by atoms with E-state index >= 15 is 0 Å². The Kier molecular flexibility index (Phi) is 4.44. The second kappa shape index (κ2) is 7.05. The molecule has 1 fully saturated rings. The molecule has 5 rings (SSSR count). The van der Waals surface area contributed by atoms with Crippen molar-refractivity contribution in [2.24, 2.45) is 5.73 Å². The van der Waals surface area contributed by atoms with E-state index in [1.54, 1.807) is 13.1 Å². The van der Waals surface area contributed by atoms with Crippen molar-refractivity contribution in [3.63, 3.8) is 0 Å². The van der Waals surface area contributed by atoms with Crippen LogP contribution in [0.4, 0.5) is 0 Å². The summed E-state index contributed by atoms with van der Waals surface area (Å²) in [6, 6.07) is 9.19. The largest absolute Gasteiger partial charge is 0.373 e. The monoisotopic (exact) mass is 421 g/mol. The molecule has 1 aromatic carbocycles. The van der Waals surface area contributed by atoms with Crippen molar-refractivity contribution in [2.75, 3.05) is 13.6 Å². The molecule has 1 saturated heterocycles. The molecule has 1 unspecified atom stereocenters. The molecule has 2 aliphatic heterocycles.